The van der Waals surface area contributed by atoms with Gasteiger partial charge in [-0.15, -0.1) is 0 Å². The highest BCUT2D eigenvalue weighted by Crippen LogP contribution is 2.29. The van der Waals surface area contributed by atoms with Crippen LogP contribution in [0.25, 0.3) is 10.8 Å². The van der Waals surface area contributed by atoms with Gasteiger partial charge in [0.15, 0.2) is 5.78 Å². The number of hydrogen-bond donors (Lipinski definition) is 0. The van der Waals surface area contributed by atoms with Crippen LogP contribution < -0.4 is 4.74 Å². The zero-order chi connectivity index (χ0) is 13.7. The maximum absolute atomic E-state index is 12.3. The van der Waals surface area contributed by atoms with Crippen LogP contribution in [0.3, 0.4) is 0 Å². The largest absolute Gasteiger partial charge is 0.496 e. The molecule has 2 heteroatoms. The Morgan fingerprint density at radius 2 is 1.79 bits per heavy atom. The monoisotopic (exact) mass is 256 g/mol. The number of rotatable bonds is 6. The minimum absolute atomic E-state index is 0.229. The second-order valence-electron chi connectivity index (χ2n) is 4.74. The fraction of sp³-hybridized carbons (Fsp3) is 0.353. The lowest BCUT2D eigenvalue weighted by Gasteiger charge is -2.09. The number of Topliss-reactive ketones (excluding diaryl/α,β-unsaturated/α-hetero) is 1. The van der Waals surface area contributed by atoms with Crippen LogP contribution in [-0.4, -0.2) is 12.9 Å². The van der Waals surface area contributed by atoms with Crippen LogP contribution in [0, 0.1) is 0 Å². The molecule has 0 heterocycles. The molecule has 0 aliphatic heterocycles. The number of unbranched alkanes of at least 4 members (excludes halogenated alkanes) is 2. The molecule has 0 saturated heterocycles. The normalized spacial score (nSPS) is 10.6. The van der Waals surface area contributed by atoms with Crippen LogP contribution in [-0.2, 0) is 0 Å². The van der Waals surface area contributed by atoms with Crippen LogP contribution in [0.15, 0.2) is 36.4 Å². The average molecular weight is 256 g/mol. The van der Waals surface area contributed by atoms with Crippen molar-refractivity contribution < 1.29 is 9.53 Å². The SMILES string of the molecule is CCCCCC(=O)c1ccc(OC)c2ccccc12. The molecule has 2 aromatic rings. The van der Waals surface area contributed by atoms with Crippen LogP contribution in [0.1, 0.15) is 43.0 Å². The Morgan fingerprint density at radius 1 is 1.05 bits per heavy atom. The van der Waals surface area contributed by atoms with Gasteiger partial charge < -0.3 is 4.74 Å². The maximum Gasteiger partial charge on any atom is 0.163 e. The second-order valence-corrected chi connectivity index (χ2v) is 4.74. The van der Waals surface area contributed by atoms with E-state index in [0.717, 1.165) is 41.3 Å². The molecule has 0 aliphatic carbocycles. The Balaban J connectivity index is 2.36. The lowest BCUT2D eigenvalue weighted by atomic mass is 9.98. The molecule has 0 spiro atoms. The van der Waals surface area contributed by atoms with Gasteiger partial charge in [0.2, 0.25) is 0 Å². The van der Waals surface area contributed by atoms with E-state index in [0.29, 0.717) is 6.42 Å². The highest BCUT2D eigenvalue weighted by molar-refractivity contribution is 6.09. The summed E-state index contributed by atoms with van der Waals surface area (Å²) in [5.41, 5.74) is 0.813. The van der Waals surface area contributed by atoms with Gasteiger partial charge in [0.05, 0.1) is 7.11 Å². The zero-order valence-electron chi connectivity index (χ0n) is 11.6. The molecule has 0 bridgehead atoms. The predicted molar refractivity (Wildman–Crippen MR) is 79.0 cm³/mol. The second kappa shape index (κ2) is 6.37. The van der Waals surface area contributed by atoms with E-state index in [-0.39, 0.29) is 5.78 Å². The Morgan fingerprint density at radius 3 is 2.47 bits per heavy atom. The summed E-state index contributed by atoms with van der Waals surface area (Å²) in [5, 5.41) is 2.00. The van der Waals surface area contributed by atoms with E-state index < -0.39 is 0 Å². The maximum atomic E-state index is 12.3. The molecule has 2 aromatic carbocycles. The smallest absolute Gasteiger partial charge is 0.163 e. The average Bonchev–Trinajstić information content (AvgIpc) is 2.46. The molecule has 2 nitrogen and oxygen atoms in total. The first kappa shape index (κ1) is 13.6. The van der Waals surface area contributed by atoms with E-state index in [9.17, 15) is 4.79 Å². The fourth-order valence-electron chi connectivity index (χ4n) is 2.36. The van der Waals surface area contributed by atoms with Crippen molar-refractivity contribution >= 4 is 16.6 Å². The Bertz CT molecular complexity index is 572. The molecule has 0 aromatic heterocycles. The van der Waals surface area contributed by atoms with Crippen LogP contribution in [0.4, 0.5) is 0 Å². The van der Waals surface area contributed by atoms with Crippen molar-refractivity contribution in [2.24, 2.45) is 0 Å². The number of carbonyl (C=O) groups is 1. The van der Waals surface area contributed by atoms with Crippen molar-refractivity contribution in [3.63, 3.8) is 0 Å². The summed E-state index contributed by atoms with van der Waals surface area (Å²) in [6.45, 7) is 2.15. The van der Waals surface area contributed by atoms with Gasteiger partial charge in [0.1, 0.15) is 5.75 Å². The van der Waals surface area contributed by atoms with Crippen LogP contribution in [0.5, 0.6) is 5.75 Å². The number of ether oxygens (including phenoxy) is 1. The molecule has 0 saturated carbocycles. The van der Waals surface area contributed by atoms with E-state index in [2.05, 4.69) is 6.92 Å². The van der Waals surface area contributed by atoms with Gasteiger partial charge in [-0.2, -0.15) is 0 Å². The van der Waals surface area contributed by atoms with Crippen molar-refractivity contribution in [1.82, 2.24) is 0 Å². The molecular weight excluding hydrogens is 236 g/mol. The number of carbonyl (C=O) groups excluding carboxylic acids is 1. The van der Waals surface area contributed by atoms with E-state index in [4.69, 9.17) is 4.74 Å². The minimum atomic E-state index is 0.229. The number of hydrogen-bond acceptors (Lipinski definition) is 2. The number of benzene rings is 2. The highest BCUT2D eigenvalue weighted by atomic mass is 16.5. The standard InChI is InChI=1S/C17H20O2/c1-3-4-5-10-16(18)14-11-12-17(19-2)15-9-7-6-8-13(14)15/h6-9,11-12H,3-5,10H2,1-2H3. The summed E-state index contributed by atoms with van der Waals surface area (Å²) in [7, 11) is 1.66. The summed E-state index contributed by atoms with van der Waals surface area (Å²) in [4.78, 5) is 12.3. The molecule has 0 amide bonds. The van der Waals surface area contributed by atoms with Crippen molar-refractivity contribution in [1.29, 1.82) is 0 Å². The molecule has 100 valence electrons. The van der Waals surface area contributed by atoms with Crippen LogP contribution >= 0.6 is 0 Å². The lowest BCUT2D eigenvalue weighted by molar-refractivity contribution is 0.0981. The first-order chi connectivity index (χ1) is 9.27. The molecule has 0 fully saturated rings. The zero-order valence-corrected chi connectivity index (χ0v) is 11.6. The van der Waals surface area contributed by atoms with E-state index >= 15 is 0 Å². The van der Waals surface area contributed by atoms with Gasteiger partial charge in [-0.05, 0) is 23.9 Å². The minimum Gasteiger partial charge on any atom is -0.496 e. The molecule has 0 unspecified atom stereocenters. The van der Waals surface area contributed by atoms with Gasteiger partial charge in [-0.25, -0.2) is 0 Å². The molecule has 2 rings (SSSR count). The van der Waals surface area contributed by atoms with Gasteiger partial charge in [0, 0.05) is 17.4 Å². The van der Waals surface area contributed by atoms with Crippen molar-refractivity contribution in [2.45, 2.75) is 32.6 Å². The Labute approximate surface area is 114 Å². The third-order valence-electron chi connectivity index (χ3n) is 3.41. The number of ketones is 1. The molecular formula is C17H20O2. The van der Waals surface area contributed by atoms with Crippen LogP contribution in [0.2, 0.25) is 0 Å². The first-order valence-electron chi connectivity index (χ1n) is 6.87. The van der Waals surface area contributed by atoms with E-state index in [1.165, 1.54) is 0 Å². The summed E-state index contributed by atoms with van der Waals surface area (Å²) in [6, 6.07) is 11.7. The van der Waals surface area contributed by atoms with Crippen molar-refractivity contribution in [3.05, 3.63) is 42.0 Å². The molecule has 0 atom stereocenters. The van der Waals surface area contributed by atoms with Gasteiger partial charge >= 0.3 is 0 Å². The van der Waals surface area contributed by atoms with Crippen molar-refractivity contribution in [3.8, 4) is 5.75 Å². The highest BCUT2D eigenvalue weighted by Gasteiger charge is 2.12. The van der Waals surface area contributed by atoms with Gasteiger partial charge in [0.25, 0.3) is 0 Å². The summed E-state index contributed by atoms with van der Waals surface area (Å²) in [6.07, 6.45) is 3.84. The van der Waals surface area contributed by atoms with Gasteiger partial charge in [-0.1, -0.05) is 44.0 Å². The topological polar surface area (TPSA) is 26.3 Å². The third-order valence-corrected chi connectivity index (χ3v) is 3.41. The number of fused-ring (bicyclic) bond motifs is 1. The molecule has 0 aliphatic rings. The molecule has 0 N–H and O–H groups in total. The Kier molecular flexibility index (Phi) is 4.56. The summed E-state index contributed by atoms with van der Waals surface area (Å²) >= 11 is 0. The van der Waals surface area contributed by atoms with Gasteiger partial charge in [-0.3, -0.25) is 4.79 Å². The lowest BCUT2D eigenvalue weighted by Crippen LogP contribution is -2.00. The number of methoxy groups -OCH3 is 1. The summed E-state index contributed by atoms with van der Waals surface area (Å²) < 4.78 is 5.35. The van der Waals surface area contributed by atoms with E-state index in [1.807, 2.05) is 36.4 Å². The van der Waals surface area contributed by atoms with Crippen molar-refractivity contribution in [2.75, 3.05) is 7.11 Å². The Hall–Kier alpha value is -1.83. The van der Waals surface area contributed by atoms with E-state index in [1.54, 1.807) is 7.11 Å². The predicted octanol–water partition coefficient (Wildman–Crippen LogP) is 4.61. The third kappa shape index (κ3) is 2.95. The first-order valence-corrected chi connectivity index (χ1v) is 6.87. The quantitative estimate of drug-likeness (QED) is 0.557. The molecule has 0 radical (unpaired) electrons. The summed E-state index contributed by atoms with van der Waals surface area (Å²) in [5.74, 6) is 1.05. The fourth-order valence-corrected chi connectivity index (χ4v) is 2.36. The molecule has 19 heavy (non-hydrogen) atoms.